The molecule has 0 aromatic heterocycles. The number of hydrogen-bond donors (Lipinski definition) is 0. The highest BCUT2D eigenvalue weighted by Crippen LogP contribution is 2.36. The minimum Gasteiger partial charge on any atom is -0.363 e. The lowest BCUT2D eigenvalue weighted by Gasteiger charge is -2.38. The fraction of sp³-hybridized carbons (Fsp3) is 0.571. The summed E-state index contributed by atoms with van der Waals surface area (Å²) in [7, 11) is -3.64. The number of fused-ring (bicyclic) bond motifs is 1. The molecule has 0 N–H and O–H groups in total. The van der Waals surface area contributed by atoms with Crippen molar-refractivity contribution in [2.75, 3.05) is 37.3 Å². The van der Waals surface area contributed by atoms with E-state index >= 15 is 0 Å². The van der Waals surface area contributed by atoms with E-state index in [1.165, 1.54) is 6.07 Å². The maximum Gasteiger partial charge on any atom is 0.311 e. The topological polar surface area (TPSA) is 83.8 Å². The van der Waals surface area contributed by atoms with Crippen LogP contribution in [0.3, 0.4) is 0 Å². The molecular formula is C14H19N3O4S. The van der Waals surface area contributed by atoms with Crippen LogP contribution in [-0.2, 0) is 9.84 Å². The molecule has 1 aromatic rings. The number of para-hydroxylation sites is 1. The molecule has 0 aliphatic carbocycles. The molecule has 22 heavy (non-hydrogen) atoms. The van der Waals surface area contributed by atoms with Crippen molar-refractivity contribution >= 4 is 21.2 Å². The highest BCUT2D eigenvalue weighted by atomic mass is 32.2. The maximum absolute atomic E-state index is 11.8. The van der Waals surface area contributed by atoms with Crippen LogP contribution in [-0.4, -0.2) is 56.7 Å². The summed E-state index contributed by atoms with van der Waals surface area (Å²) >= 11 is 0. The Morgan fingerprint density at radius 2 is 2.05 bits per heavy atom. The summed E-state index contributed by atoms with van der Waals surface area (Å²) in [5, 5.41) is 11.5. The van der Waals surface area contributed by atoms with E-state index in [1.54, 1.807) is 12.1 Å². The lowest BCUT2D eigenvalue weighted by molar-refractivity contribution is -0.387. The normalized spacial score (nSPS) is 22.6. The Morgan fingerprint density at radius 3 is 2.73 bits per heavy atom. The molecule has 8 heteroatoms. The third kappa shape index (κ3) is 2.68. The van der Waals surface area contributed by atoms with Crippen LogP contribution in [0.25, 0.3) is 0 Å². The molecule has 0 spiro atoms. The number of nitro benzene ring substituents is 1. The molecule has 0 amide bonds. The number of nitrogens with zero attached hydrogens (tertiary/aromatic N) is 3. The van der Waals surface area contributed by atoms with Gasteiger partial charge in [-0.15, -0.1) is 0 Å². The predicted octanol–water partition coefficient (Wildman–Crippen LogP) is 1.28. The molecule has 2 heterocycles. The minimum atomic E-state index is -3.64. The molecule has 0 bridgehead atoms. The minimum absolute atomic E-state index is 0.205. The summed E-state index contributed by atoms with van der Waals surface area (Å²) in [6, 6.07) is 4.95. The monoisotopic (exact) mass is 325 g/mol. The van der Waals surface area contributed by atoms with Gasteiger partial charge in [0.05, 0.1) is 4.92 Å². The first-order valence-electron chi connectivity index (χ1n) is 7.34. The zero-order chi connectivity index (χ0) is 15.9. The van der Waals surface area contributed by atoms with Gasteiger partial charge in [-0.1, -0.05) is 6.07 Å². The Morgan fingerprint density at radius 1 is 1.27 bits per heavy atom. The number of benzene rings is 1. The van der Waals surface area contributed by atoms with E-state index in [0.717, 1.165) is 32.2 Å². The van der Waals surface area contributed by atoms with Crippen LogP contribution in [0.1, 0.15) is 12.8 Å². The summed E-state index contributed by atoms with van der Waals surface area (Å²) in [6.45, 7) is 3.35. The fourth-order valence-electron chi connectivity index (χ4n) is 3.46. The van der Waals surface area contributed by atoms with Gasteiger partial charge in [0.15, 0.2) is 9.84 Å². The number of hydrogen-bond acceptors (Lipinski definition) is 6. The van der Waals surface area contributed by atoms with Gasteiger partial charge in [0, 0.05) is 31.9 Å². The molecule has 0 saturated carbocycles. The van der Waals surface area contributed by atoms with Crippen molar-refractivity contribution in [3.8, 4) is 0 Å². The van der Waals surface area contributed by atoms with Crippen molar-refractivity contribution in [3.63, 3.8) is 0 Å². The van der Waals surface area contributed by atoms with E-state index in [2.05, 4.69) is 4.90 Å². The van der Waals surface area contributed by atoms with E-state index in [4.69, 9.17) is 0 Å². The number of rotatable bonds is 3. The van der Waals surface area contributed by atoms with Gasteiger partial charge in [0.2, 0.25) is 0 Å². The molecule has 1 unspecified atom stereocenters. The van der Waals surface area contributed by atoms with Crippen molar-refractivity contribution in [3.05, 3.63) is 28.3 Å². The fourth-order valence-corrected chi connectivity index (χ4v) is 4.31. The van der Waals surface area contributed by atoms with E-state index in [9.17, 15) is 18.5 Å². The van der Waals surface area contributed by atoms with Crippen molar-refractivity contribution in [2.45, 2.75) is 23.8 Å². The van der Waals surface area contributed by atoms with Crippen LogP contribution in [0.5, 0.6) is 0 Å². The van der Waals surface area contributed by atoms with Crippen molar-refractivity contribution < 1.29 is 13.3 Å². The Hall–Kier alpha value is -1.67. The lowest BCUT2D eigenvalue weighted by Crippen LogP contribution is -2.50. The number of anilines is 1. The van der Waals surface area contributed by atoms with Gasteiger partial charge in [-0.25, -0.2) is 8.42 Å². The molecule has 2 fully saturated rings. The van der Waals surface area contributed by atoms with Crippen LogP contribution in [0.15, 0.2) is 23.1 Å². The Bertz CT molecular complexity index is 704. The molecule has 2 aliphatic heterocycles. The molecule has 3 rings (SSSR count). The first-order chi connectivity index (χ1) is 10.4. The first kappa shape index (κ1) is 15.2. The molecule has 2 saturated heterocycles. The van der Waals surface area contributed by atoms with Crippen LogP contribution in [0, 0.1) is 10.1 Å². The molecule has 7 nitrogen and oxygen atoms in total. The zero-order valence-electron chi connectivity index (χ0n) is 12.4. The van der Waals surface area contributed by atoms with Crippen LogP contribution < -0.4 is 4.90 Å². The standard InChI is InChI=1S/C14H19N3O4S/c1-22(20,21)13-6-2-5-12(14(13)17(18)19)16-9-8-15-7-3-4-11(15)10-16/h2,5-6,11H,3-4,7-10H2,1H3. The zero-order valence-corrected chi connectivity index (χ0v) is 13.3. The van der Waals surface area contributed by atoms with Crippen molar-refractivity contribution in [2.24, 2.45) is 0 Å². The van der Waals surface area contributed by atoms with Gasteiger partial charge < -0.3 is 4.90 Å². The van der Waals surface area contributed by atoms with E-state index in [0.29, 0.717) is 24.8 Å². The van der Waals surface area contributed by atoms with E-state index in [-0.39, 0.29) is 10.6 Å². The van der Waals surface area contributed by atoms with Gasteiger partial charge >= 0.3 is 5.69 Å². The summed E-state index contributed by atoms with van der Waals surface area (Å²) in [4.78, 5) is 15.0. The van der Waals surface area contributed by atoms with Gasteiger partial charge in [-0.05, 0) is 31.5 Å². The van der Waals surface area contributed by atoms with Crippen LogP contribution in [0.4, 0.5) is 11.4 Å². The largest absolute Gasteiger partial charge is 0.363 e. The number of sulfone groups is 1. The molecule has 0 radical (unpaired) electrons. The van der Waals surface area contributed by atoms with Crippen molar-refractivity contribution in [1.29, 1.82) is 0 Å². The van der Waals surface area contributed by atoms with Crippen LogP contribution >= 0.6 is 0 Å². The molecule has 1 aromatic carbocycles. The number of piperazine rings is 1. The second-order valence-corrected chi connectivity index (χ2v) is 7.92. The maximum atomic E-state index is 11.8. The van der Waals surface area contributed by atoms with E-state index < -0.39 is 14.8 Å². The third-order valence-corrected chi connectivity index (χ3v) is 5.62. The second kappa shape index (κ2) is 5.51. The second-order valence-electron chi connectivity index (χ2n) is 5.93. The predicted molar refractivity (Wildman–Crippen MR) is 83.0 cm³/mol. The smallest absolute Gasteiger partial charge is 0.311 e. The van der Waals surface area contributed by atoms with Gasteiger partial charge in [0.25, 0.3) is 0 Å². The Labute approximate surface area is 129 Å². The Balaban J connectivity index is 2.02. The van der Waals surface area contributed by atoms with Crippen molar-refractivity contribution in [1.82, 2.24) is 4.90 Å². The summed E-state index contributed by atoms with van der Waals surface area (Å²) < 4.78 is 23.7. The summed E-state index contributed by atoms with van der Waals surface area (Å²) in [5.41, 5.74) is 0.121. The number of nitro groups is 1. The third-order valence-electron chi connectivity index (χ3n) is 4.49. The molecule has 2 aliphatic rings. The van der Waals surface area contributed by atoms with Gasteiger partial charge in [-0.3, -0.25) is 15.0 Å². The highest BCUT2D eigenvalue weighted by molar-refractivity contribution is 7.90. The average molecular weight is 325 g/mol. The quantitative estimate of drug-likeness (QED) is 0.615. The average Bonchev–Trinajstić information content (AvgIpc) is 2.92. The molecule has 1 atom stereocenters. The summed E-state index contributed by atoms with van der Waals surface area (Å²) in [6.07, 6.45) is 3.26. The Kier molecular flexibility index (Phi) is 3.82. The lowest BCUT2D eigenvalue weighted by atomic mass is 10.1. The van der Waals surface area contributed by atoms with Gasteiger partial charge in [-0.2, -0.15) is 0 Å². The van der Waals surface area contributed by atoms with Gasteiger partial charge in [0.1, 0.15) is 10.6 Å². The first-order valence-corrected chi connectivity index (χ1v) is 9.23. The van der Waals surface area contributed by atoms with E-state index in [1.807, 2.05) is 4.90 Å². The molecular weight excluding hydrogens is 306 g/mol. The highest BCUT2D eigenvalue weighted by Gasteiger charge is 2.35. The van der Waals surface area contributed by atoms with Crippen LogP contribution in [0.2, 0.25) is 0 Å². The summed E-state index contributed by atoms with van der Waals surface area (Å²) in [5.74, 6) is 0. The molecule has 120 valence electrons. The SMILES string of the molecule is CS(=O)(=O)c1cccc(N2CCN3CCCC3C2)c1[N+](=O)[O-].